The molecule has 0 aliphatic heterocycles. The van der Waals surface area contributed by atoms with Crippen molar-refractivity contribution < 1.29 is 0 Å². The maximum absolute atomic E-state index is 6.75. The Morgan fingerprint density at radius 1 is 1.38 bits per heavy atom. The Kier molecular flexibility index (Phi) is 3.20. The molecule has 0 heterocycles. The van der Waals surface area contributed by atoms with E-state index in [0.29, 0.717) is 0 Å². The largest absolute Gasteiger partial charge is 0.284 e. The lowest BCUT2D eigenvalue weighted by molar-refractivity contribution is 1.27. The first-order valence-corrected chi connectivity index (χ1v) is 3.02. The summed E-state index contributed by atoms with van der Waals surface area (Å²) in [5.74, 6) is -0.357. The second kappa shape index (κ2) is 2.97. The normalized spacial score (nSPS) is 11.0. The van der Waals surface area contributed by atoms with Gasteiger partial charge in [0.2, 0.25) is 3.79 Å². The minimum atomic E-state index is -1.73. The van der Waals surface area contributed by atoms with Gasteiger partial charge < -0.3 is 0 Å². The fourth-order valence-electron chi connectivity index (χ4n) is 0.0536. The van der Waals surface area contributed by atoms with E-state index in [9.17, 15) is 0 Å². The van der Waals surface area contributed by atoms with Crippen molar-refractivity contribution >= 4 is 52.4 Å². The maximum Gasteiger partial charge on any atom is 0.248 e. The van der Waals surface area contributed by atoms with Crippen LogP contribution in [-0.4, -0.2) is 9.63 Å². The lowest BCUT2D eigenvalue weighted by atomic mass is 10.7. The molecule has 0 saturated carbocycles. The molecular formula is C2H2Cl4N2. The molecule has 0 aromatic carbocycles. The lowest BCUT2D eigenvalue weighted by Crippen LogP contribution is -2.27. The van der Waals surface area contributed by atoms with E-state index in [4.69, 9.17) is 52.0 Å². The van der Waals surface area contributed by atoms with Gasteiger partial charge in [0.25, 0.3) is 0 Å². The third-order valence-electron chi connectivity index (χ3n) is 0.378. The van der Waals surface area contributed by atoms with Crippen LogP contribution in [0.5, 0.6) is 0 Å². The molecule has 0 bridgehead atoms. The standard InChI is InChI=1S/C2H2Cl4N2/c3-2(4,5)1(7)8-6/h(H2,7,8). The Hall–Kier alpha value is 0.630. The van der Waals surface area contributed by atoms with Crippen molar-refractivity contribution in [2.75, 3.05) is 0 Å². The first-order chi connectivity index (χ1) is 3.48. The molecule has 0 unspecified atom stereocenters. The molecule has 0 atom stereocenters. The first kappa shape index (κ1) is 8.63. The molecule has 0 fully saturated rings. The van der Waals surface area contributed by atoms with Gasteiger partial charge in [-0.1, -0.05) is 34.8 Å². The third-order valence-corrected chi connectivity index (χ3v) is 1.13. The Labute approximate surface area is 66.7 Å². The van der Waals surface area contributed by atoms with Gasteiger partial charge in [-0.2, -0.15) is 0 Å². The van der Waals surface area contributed by atoms with Crippen molar-refractivity contribution in [3.8, 4) is 0 Å². The smallest absolute Gasteiger partial charge is 0.248 e. The Balaban J connectivity index is 3.82. The molecule has 48 valence electrons. The quantitative estimate of drug-likeness (QED) is 0.264. The molecule has 0 aromatic heterocycles. The van der Waals surface area contributed by atoms with Crippen LogP contribution in [0.2, 0.25) is 0 Å². The van der Waals surface area contributed by atoms with Crippen molar-refractivity contribution in [1.29, 1.82) is 5.41 Å². The van der Waals surface area contributed by atoms with E-state index in [1.807, 2.05) is 4.84 Å². The molecule has 0 aromatic rings. The molecule has 6 heteroatoms. The van der Waals surface area contributed by atoms with Crippen LogP contribution < -0.4 is 4.84 Å². The van der Waals surface area contributed by atoms with Crippen LogP contribution in [0, 0.1) is 5.41 Å². The number of rotatable bonds is 0. The second-order valence-electron chi connectivity index (χ2n) is 0.967. The number of halogens is 4. The molecule has 0 saturated heterocycles. The fraction of sp³-hybridized carbons (Fsp3) is 0.500. The summed E-state index contributed by atoms with van der Waals surface area (Å²) >= 11 is 20.3. The van der Waals surface area contributed by atoms with Crippen molar-refractivity contribution in [2.45, 2.75) is 3.79 Å². The van der Waals surface area contributed by atoms with Gasteiger partial charge in [-0.25, -0.2) is 0 Å². The lowest BCUT2D eigenvalue weighted by Gasteiger charge is -2.08. The van der Waals surface area contributed by atoms with Gasteiger partial charge in [-0.3, -0.25) is 10.2 Å². The van der Waals surface area contributed by atoms with Crippen LogP contribution in [0.25, 0.3) is 0 Å². The number of amidine groups is 1. The highest BCUT2D eigenvalue weighted by Gasteiger charge is 2.25. The van der Waals surface area contributed by atoms with Crippen LogP contribution in [0.3, 0.4) is 0 Å². The van der Waals surface area contributed by atoms with Gasteiger partial charge in [0.15, 0.2) is 5.84 Å². The van der Waals surface area contributed by atoms with Gasteiger partial charge in [0.05, 0.1) is 0 Å². The summed E-state index contributed by atoms with van der Waals surface area (Å²) in [6.07, 6.45) is 0. The van der Waals surface area contributed by atoms with Gasteiger partial charge in [-0.05, 0) is 0 Å². The monoisotopic (exact) mass is 194 g/mol. The summed E-state index contributed by atoms with van der Waals surface area (Å²) in [7, 11) is 0. The maximum atomic E-state index is 6.75. The topological polar surface area (TPSA) is 35.9 Å². The molecule has 0 spiro atoms. The van der Waals surface area contributed by atoms with E-state index >= 15 is 0 Å². The SMILES string of the molecule is N=C(NCl)C(Cl)(Cl)Cl. The number of alkyl halides is 3. The third kappa shape index (κ3) is 2.82. The van der Waals surface area contributed by atoms with E-state index in [1.54, 1.807) is 0 Å². The molecule has 0 radical (unpaired) electrons. The highest BCUT2D eigenvalue weighted by Crippen LogP contribution is 2.25. The number of nitrogens with one attached hydrogen (secondary N) is 2. The first-order valence-electron chi connectivity index (χ1n) is 1.51. The summed E-state index contributed by atoms with van der Waals surface area (Å²) in [6, 6.07) is 0. The minimum Gasteiger partial charge on any atom is -0.284 e. The molecule has 0 aliphatic carbocycles. The summed E-state index contributed by atoms with van der Waals surface area (Å²) in [5, 5.41) is 6.75. The molecular weight excluding hydrogens is 194 g/mol. The average molecular weight is 196 g/mol. The summed E-state index contributed by atoms with van der Waals surface area (Å²) in [5.41, 5.74) is 0. The van der Waals surface area contributed by atoms with Crippen LogP contribution in [0.4, 0.5) is 0 Å². The molecule has 2 N–H and O–H groups in total. The zero-order valence-electron chi connectivity index (χ0n) is 3.51. The van der Waals surface area contributed by atoms with E-state index in [2.05, 4.69) is 0 Å². The number of hydrogen-bond acceptors (Lipinski definition) is 1. The Morgan fingerprint density at radius 2 is 1.75 bits per heavy atom. The van der Waals surface area contributed by atoms with Crippen molar-refractivity contribution in [3.63, 3.8) is 0 Å². The zero-order valence-corrected chi connectivity index (χ0v) is 6.54. The minimum absolute atomic E-state index is 0.357. The Morgan fingerprint density at radius 3 is 1.75 bits per heavy atom. The van der Waals surface area contributed by atoms with Crippen molar-refractivity contribution in [1.82, 2.24) is 4.84 Å². The van der Waals surface area contributed by atoms with Gasteiger partial charge in [0, 0.05) is 11.8 Å². The van der Waals surface area contributed by atoms with Gasteiger partial charge in [0.1, 0.15) is 0 Å². The van der Waals surface area contributed by atoms with Crippen LogP contribution in [0.1, 0.15) is 0 Å². The van der Waals surface area contributed by atoms with Gasteiger partial charge >= 0.3 is 0 Å². The van der Waals surface area contributed by atoms with Crippen LogP contribution in [-0.2, 0) is 0 Å². The molecule has 0 aliphatic rings. The van der Waals surface area contributed by atoms with Crippen molar-refractivity contribution in [2.24, 2.45) is 0 Å². The van der Waals surface area contributed by atoms with E-state index in [-0.39, 0.29) is 5.84 Å². The second-order valence-corrected chi connectivity index (χ2v) is 3.44. The summed E-state index contributed by atoms with van der Waals surface area (Å²) < 4.78 is -1.73. The van der Waals surface area contributed by atoms with E-state index < -0.39 is 3.79 Å². The van der Waals surface area contributed by atoms with Gasteiger partial charge in [-0.15, -0.1) is 0 Å². The van der Waals surface area contributed by atoms with Crippen molar-refractivity contribution in [3.05, 3.63) is 0 Å². The fourth-order valence-corrected chi connectivity index (χ4v) is 0.482. The molecule has 0 rings (SSSR count). The number of hydrogen-bond donors (Lipinski definition) is 2. The molecule has 2 nitrogen and oxygen atoms in total. The highest BCUT2D eigenvalue weighted by molar-refractivity contribution is 6.77. The predicted octanol–water partition coefficient (Wildman–Crippen LogP) is 2.08. The van der Waals surface area contributed by atoms with Crippen LogP contribution >= 0.6 is 46.6 Å². The predicted molar refractivity (Wildman–Crippen MR) is 37.0 cm³/mol. The summed E-state index contributed by atoms with van der Waals surface area (Å²) in [4.78, 5) is 1.86. The zero-order chi connectivity index (χ0) is 6.78. The van der Waals surface area contributed by atoms with E-state index in [1.165, 1.54) is 0 Å². The van der Waals surface area contributed by atoms with E-state index in [0.717, 1.165) is 0 Å². The van der Waals surface area contributed by atoms with Crippen LogP contribution in [0.15, 0.2) is 0 Å². The Bertz CT molecular complexity index is 94.7. The average Bonchev–Trinajstić information content (AvgIpc) is 1.62. The molecule has 8 heavy (non-hydrogen) atoms. The highest BCUT2D eigenvalue weighted by atomic mass is 35.6. The molecule has 0 amide bonds. The summed E-state index contributed by atoms with van der Waals surface area (Å²) in [6.45, 7) is 0.